The van der Waals surface area contributed by atoms with E-state index in [1.54, 1.807) is 51.6 Å². The van der Waals surface area contributed by atoms with Crippen molar-refractivity contribution in [1.29, 1.82) is 5.41 Å². The molecule has 0 radical (unpaired) electrons. The van der Waals surface area contributed by atoms with Crippen LogP contribution in [0.25, 0.3) is 22.4 Å². The second-order valence-corrected chi connectivity index (χ2v) is 12.0. The largest absolute Gasteiger partial charge is 0.473 e. The van der Waals surface area contributed by atoms with Gasteiger partial charge in [-0.05, 0) is 45.4 Å². The second kappa shape index (κ2) is 11.1. The third kappa shape index (κ3) is 6.27. The van der Waals surface area contributed by atoms with Gasteiger partial charge in [0.05, 0.1) is 18.3 Å². The van der Waals surface area contributed by atoms with E-state index in [1.807, 2.05) is 24.3 Å². The molecule has 4 aromatic rings. The number of hydrogen-bond donors (Lipinski definition) is 1. The minimum absolute atomic E-state index is 0.0113. The number of alkyl halides is 3. The summed E-state index contributed by atoms with van der Waals surface area (Å²) >= 11 is 17.1. The number of benzene rings is 1. The second-order valence-electron chi connectivity index (χ2n) is 9.72. The predicted octanol–water partition coefficient (Wildman–Crippen LogP) is 6.09. The number of rotatable bonds is 6. The van der Waals surface area contributed by atoms with Crippen LogP contribution in [0.15, 0.2) is 42.7 Å². The smallest absolute Gasteiger partial charge is 0.415 e. The maximum atomic E-state index is 13.0. The van der Waals surface area contributed by atoms with E-state index in [1.165, 1.54) is 15.6 Å². The molecular weight excluding hydrogens is 583 g/mol. The molecule has 0 aliphatic heterocycles. The number of aromatic nitrogens is 4. The standard InChI is InChI=1S/C26H27Cl3N6O5/c1-6-38-22(36)17-13-31-35-20(33(5)24(37)40-25(2,3)4)12-19(32-21(17)35)34-10-9-16-8-7-15(11-18(16)34)14-39-23(30)26(27,28)29/h7-13,30H,6,14H2,1-5H3. The van der Waals surface area contributed by atoms with Gasteiger partial charge in [-0.15, -0.1) is 0 Å². The Balaban J connectivity index is 1.83. The van der Waals surface area contributed by atoms with Gasteiger partial charge in [0.1, 0.15) is 29.4 Å². The normalized spacial score (nSPS) is 12.0. The Kier molecular flexibility index (Phi) is 8.21. The summed E-state index contributed by atoms with van der Waals surface area (Å²) in [6, 6.07) is 9.08. The Hall–Kier alpha value is -3.54. The fourth-order valence-electron chi connectivity index (χ4n) is 3.77. The third-order valence-corrected chi connectivity index (χ3v) is 6.11. The van der Waals surface area contributed by atoms with Gasteiger partial charge in [-0.1, -0.05) is 46.9 Å². The van der Waals surface area contributed by atoms with Crippen molar-refractivity contribution in [2.75, 3.05) is 18.6 Å². The summed E-state index contributed by atoms with van der Waals surface area (Å²) in [4.78, 5) is 31.7. The van der Waals surface area contributed by atoms with Gasteiger partial charge in [-0.3, -0.25) is 10.3 Å². The lowest BCUT2D eigenvalue weighted by Crippen LogP contribution is -2.35. The van der Waals surface area contributed by atoms with Crippen molar-refractivity contribution >= 4 is 75.1 Å². The van der Waals surface area contributed by atoms with Crippen LogP contribution in [0.3, 0.4) is 0 Å². The van der Waals surface area contributed by atoms with Crippen molar-refractivity contribution in [3.05, 3.63) is 53.9 Å². The monoisotopic (exact) mass is 608 g/mol. The number of halogens is 3. The molecule has 14 heteroatoms. The predicted molar refractivity (Wildman–Crippen MR) is 153 cm³/mol. The SMILES string of the molecule is CCOC(=O)c1cnn2c(N(C)C(=O)OC(C)(C)C)cc(-n3ccc4ccc(COC(=N)C(Cl)(Cl)Cl)cc43)nc12. The Bertz CT molecular complexity index is 1600. The Morgan fingerprint density at radius 3 is 2.48 bits per heavy atom. The highest BCUT2D eigenvalue weighted by Crippen LogP contribution is 2.29. The van der Waals surface area contributed by atoms with Gasteiger partial charge in [0.15, 0.2) is 5.65 Å². The topological polar surface area (TPSA) is 124 Å². The van der Waals surface area contributed by atoms with Crippen LogP contribution in [-0.2, 0) is 20.8 Å². The molecule has 0 aliphatic carbocycles. The van der Waals surface area contributed by atoms with Crippen molar-refractivity contribution in [1.82, 2.24) is 19.2 Å². The molecule has 1 aromatic carbocycles. The van der Waals surface area contributed by atoms with E-state index in [0.717, 1.165) is 10.9 Å². The van der Waals surface area contributed by atoms with Crippen LogP contribution in [-0.4, -0.2) is 60.2 Å². The number of nitrogens with one attached hydrogen (secondary N) is 1. The summed E-state index contributed by atoms with van der Waals surface area (Å²) in [5.74, 6) is -0.392. The zero-order chi connectivity index (χ0) is 29.4. The number of carbonyl (C=O) groups excluding carboxylic acids is 2. The zero-order valence-electron chi connectivity index (χ0n) is 22.4. The number of anilines is 1. The number of nitrogens with zero attached hydrogens (tertiary/aromatic N) is 5. The summed E-state index contributed by atoms with van der Waals surface area (Å²) in [7, 11) is 1.54. The van der Waals surface area contributed by atoms with E-state index >= 15 is 0 Å². The number of carbonyl (C=O) groups is 2. The molecule has 1 amide bonds. The number of ether oxygens (including phenoxy) is 3. The van der Waals surface area contributed by atoms with Crippen molar-refractivity contribution < 1.29 is 23.8 Å². The van der Waals surface area contributed by atoms with Gasteiger partial charge in [0.25, 0.3) is 3.79 Å². The first-order valence-electron chi connectivity index (χ1n) is 12.1. The first-order chi connectivity index (χ1) is 18.7. The lowest BCUT2D eigenvalue weighted by Gasteiger charge is -2.25. The van der Waals surface area contributed by atoms with Crippen LogP contribution in [0.4, 0.5) is 10.6 Å². The Morgan fingerprint density at radius 1 is 1.10 bits per heavy atom. The lowest BCUT2D eigenvalue weighted by molar-refractivity contribution is 0.0527. The van der Waals surface area contributed by atoms with Gasteiger partial charge in [0, 0.05) is 24.7 Å². The lowest BCUT2D eigenvalue weighted by atomic mass is 10.2. The number of esters is 1. The quantitative estimate of drug-likeness (QED) is 0.121. The van der Waals surface area contributed by atoms with E-state index in [2.05, 4.69) is 5.10 Å². The van der Waals surface area contributed by atoms with Gasteiger partial charge >= 0.3 is 12.1 Å². The van der Waals surface area contributed by atoms with E-state index in [4.69, 9.17) is 59.4 Å². The van der Waals surface area contributed by atoms with Gasteiger partial charge in [0.2, 0.25) is 5.90 Å². The molecular formula is C26H27Cl3N6O5. The molecule has 0 fully saturated rings. The van der Waals surface area contributed by atoms with Crippen LogP contribution in [0, 0.1) is 5.41 Å². The average molecular weight is 610 g/mol. The molecule has 1 N–H and O–H groups in total. The molecule has 40 heavy (non-hydrogen) atoms. The summed E-state index contributed by atoms with van der Waals surface area (Å²) in [6.07, 6.45) is 2.53. The van der Waals surface area contributed by atoms with E-state index in [9.17, 15) is 9.59 Å². The molecule has 212 valence electrons. The van der Waals surface area contributed by atoms with Crippen LogP contribution in [0.5, 0.6) is 0 Å². The summed E-state index contributed by atoms with van der Waals surface area (Å²) in [6.45, 7) is 7.15. The maximum Gasteiger partial charge on any atom is 0.415 e. The molecule has 0 aliphatic rings. The van der Waals surface area contributed by atoms with E-state index in [-0.39, 0.29) is 24.4 Å². The molecule has 0 unspecified atom stereocenters. The molecule has 0 atom stereocenters. The van der Waals surface area contributed by atoms with Crippen molar-refractivity contribution in [2.45, 2.75) is 43.7 Å². The fourth-order valence-corrected chi connectivity index (χ4v) is 3.94. The highest BCUT2D eigenvalue weighted by atomic mass is 35.6. The first-order valence-corrected chi connectivity index (χ1v) is 13.2. The van der Waals surface area contributed by atoms with Gasteiger partial charge in [-0.2, -0.15) is 9.61 Å². The molecule has 0 bridgehead atoms. The van der Waals surface area contributed by atoms with Crippen LogP contribution in [0.1, 0.15) is 43.6 Å². The van der Waals surface area contributed by atoms with Crippen molar-refractivity contribution in [3.63, 3.8) is 0 Å². The molecule has 4 rings (SSSR count). The first kappa shape index (κ1) is 29.4. The molecule has 0 spiro atoms. The maximum absolute atomic E-state index is 13.0. The number of fused-ring (bicyclic) bond motifs is 2. The summed E-state index contributed by atoms with van der Waals surface area (Å²) in [5, 5.41) is 13.0. The van der Waals surface area contributed by atoms with Gasteiger partial charge < -0.3 is 18.8 Å². The molecule has 3 aromatic heterocycles. The third-order valence-electron chi connectivity index (χ3n) is 5.59. The highest BCUT2D eigenvalue weighted by Gasteiger charge is 2.29. The zero-order valence-corrected chi connectivity index (χ0v) is 24.6. The van der Waals surface area contributed by atoms with Crippen molar-refractivity contribution in [3.8, 4) is 5.82 Å². The van der Waals surface area contributed by atoms with Gasteiger partial charge in [-0.25, -0.2) is 14.6 Å². The minimum atomic E-state index is -1.97. The van der Waals surface area contributed by atoms with E-state index in [0.29, 0.717) is 17.2 Å². The Morgan fingerprint density at radius 2 is 1.82 bits per heavy atom. The van der Waals surface area contributed by atoms with Crippen LogP contribution < -0.4 is 4.90 Å². The number of amides is 1. The molecule has 11 nitrogen and oxygen atoms in total. The molecule has 0 saturated carbocycles. The number of hydrogen-bond acceptors (Lipinski definition) is 8. The van der Waals surface area contributed by atoms with E-state index < -0.39 is 27.4 Å². The van der Waals surface area contributed by atoms with Crippen molar-refractivity contribution in [2.24, 2.45) is 0 Å². The minimum Gasteiger partial charge on any atom is -0.473 e. The summed E-state index contributed by atoms with van der Waals surface area (Å²) < 4.78 is 17.3. The van der Waals surface area contributed by atoms with Crippen LogP contribution in [0.2, 0.25) is 0 Å². The fraction of sp³-hybridized carbons (Fsp3) is 0.346. The summed E-state index contributed by atoms with van der Waals surface area (Å²) in [5.41, 5.74) is 1.04. The highest BCUT2D eigenvalue weighted by molar-refractivity contribution is 6.76. The Labute approximate surface area is 245 Å². The molecule has 0 saturated heterocycles. The molecule has 3 heterocycles. The van der Waals surface area contributed by atoms with Crippen LogP contribution >= 0.6 is 34.8 Å². The average Bonchev–Trinajstić information content (AvgIpc) is 3.48.